The lowest BCUT2D eigenvalue weighted by Crippen LogP contribution is -1.96. The van der Waals surface area contributed by atoms with Crippen molar-refractivity contribution in [1.29, 1.82) is 0 Å². The molecular weight excluding hydrogens is 448 g/mol. The molecule has 0 saturated heterocycles. The Bertz CT molecular complexity index is 1300. The minimum atomic E-state index is 0.0453. The molecule has 4 aromatic carbocycles. The molecule has 0 aliphatic carbocycles. The van der Waals surface area contributed by atoms with Gasteiger partial charge in [0.15, 0.2) is 5.78 Å². The van der Waals surface area contributed by atoms with Crippen molar-refractivity contribution in [1.82, 2.24) is 0 Å². The number of fused-ring (bicyclic) bond motifs is 1. The van der Waals surface area contributed by atoms with E-state index in [-0.39, 0.29) is 5.78 Å². The van der Waals surface area contributed by atoms with E-state index in [1.54, 1.807) is 6.08 Å². The average Bonchev–Trinajstić information content (AvgIpc) is 2.88. The SMILES string of the molecule is Cc1ccc(CCCCCCCc2ccc(Cl)cc2)c(/C=C/C(=O)c2ccc3ccccc3c2)c1. The Balaban J connectivity index is 1.28. The van der Waals surface area contributed by atoms with Crippen molar-refractivity contribution in [3.8, 4) is 0 Å². The summed E-state index contributed by atoms with van der Waals surface area (Å²) in [5, 5.41) is 3.05. The van der Waals surface area contributed by atoms with Gasteiger partial charge in [-0.15, -0.1) is 0 Å². The van der Waals surface area contributed by atoms with Gasteiger partial charge in [0, 0.05) is 10.6 Å². The molecule has 0 amide bonds. The predicted octanol–water partition coefficient (Wildman–Crippen LogP) is 9.43. The molecule has 0 saturated carbocycles. The highest BCUT2D eigenvalue weighted by Gasteiger charge is 2.05. The summed E-state index contributed by atoms with van der Waals surface area (Å²) in [4.78, 5) is 12.8. The highest BCUT2D eigenvalue weighted by Crippen LogP contribution is 2.20. The molecule has 0 heterocycles. The molecule has 0 atom stereocenters. The highest BCUT2D eigenvalue weighted by atomic mass is 35.5. The normalized spacial score (nSPS) is 11.4. The highest BCUT2D eigenvalue weighted by molar-refractivity contribution is 6.30. The van der Waals surface area contributed by atoms with E-state index in [1.165, 1.54) is 48.8 Å². The summed E-state index contributed by atoms with van der Waals surface area (Å²) in [6.07, 6.45) is 12.0. The number of unbranched alkanes of at least 4 members (excludes halogenated alkanes) is 4. The Hall–Kier alpha value is -3.16. The van der Waals surface area contributed by atoms with Gasteiger partial charge in [-0.25, -0.2) is 0 Å². The molecule has 0 aromatic heterocycles. The Morgan fingerprint density at radius 1 is 0.743 bits per heavy atom. The third-order valence-electron chi connectivity index (χ3n) is 6.57. The summed E-state index contributed by atoms with van der Waals surface area (Å²) in [5.74, 6) is 0.0453. The first-order chi connectivity index (χ1) is 17.1. The number of allylic oxidation sites excluding steroid dienone is 1. The first-order valence-corrected chi connectivity index (χ1v) is 13.0. The van der Waals surface area contributed by atoms with E-state index in [1.807, 2.05) is 54.6 Å². The van der Waals surface area contributed by atoms with E-state index >= 15 is 0 Å². The van der Waals surface area contributed by atoms with E-state index in [2.05, 4.69) is 43.3 Å². The maximum atomic E-state index is 12.8. The quantitative estimate of drug-likeness (QED) is 0.119. The van der Waals surface area contributed by atoms with Gasteiger partial charge >= 0.3 is 0 Å². The minimum Gasteiger partial charge on any atom is -0.289 e. The van der Waals surface area contributed by atoms with Gasteiger partial charge in [0.2, 0.25) is 0 Å². The molecule has 4 rings (SSSR count). The van der Waals surface area contributed by atoms with Gasteiger partial charge in [-0.1, -0.05) is 109 Å². The molecule has 0 aliphatic heterocycles. The minimum absolute atomic E-state index is 0.0453. The van der Waals surface area contributed by atoms with Crippen LogP contribution in [0, 0.1) is 6.92 Å². The van der Waals surface area contributed by atoms with Crippen molar-refractivity contribution in [2.45, 2.75) is 51.9 Å². The van der Waals surface area contributed by atoms with Crippen molar-refractivity contribution in [2.75, 3.05) is 0 Å². The number of rotatable bonds is 11. The van der Waals surface area contributed by atoms with Crippen LogP contribution in [0.3, 0.4) is 0 Å². The van der Waals surface area contributed by atoms with Gasteiger partial charge in [-0.2, -0.15) is 0 Å². The van der Waals surface area contributed by atoms with Gasteiger partial charge < -0.3 is 0 Å². The van der Waals surface area contributed by atoms with Crippen LogP contribution in [0.4, 0.5) is 0 Å². The van der Waals surface area contributed by atoms with E-state index in [4.69, 9.17) is 11.6 Å². The summed E-state index contributed by atoms with van der Waals surface area (Å²) < 4.78 is 0. The first-order valence-electron chi connectivity index (χ1n) is 12.6. The number of carbonyl (C=O) groups excluding carboxylic acids is 1. The number of carbonyl (C=O) groups is 1. The Labute approximate surface area is 214 Å². The average molecular weight is 481 g/mol. The van der Waals surface area contributed by atoms with Crippen LogP contribution in [0.15, 0.2) is 91.0 Å². The smallest absolute Gasteiger partial charge is 0.185 e. The predicted molar refractivity (Wildman–Crippen MR) is 150 cm³/mol. The summed E-state index contributed by atoms with van der Waals surface area (Å²) in [7, 11) is 0. The monoisotopic (exact) mass is 480 g/mol. The summed E-state index contributed by atoms with van der Waals surface area (Å²) in [6, 6.07) is 28.8. The fourth-order valence-corrected chi connectivity index (χ4v) is 4.65. The van der Waals surface area contributed by atoms with E-state index in [0.29, 0.717) is 0 Å². The number of halogens is 1. The lowest BCUT2D eigenvalue weighted by molar-refractivity contribution is 0.104. The van der Waals surface area contributed by atoms with Crippen LogP contribution in [0.25, 0.3) is 16.8 Å². The van der Waals surface area contributed by atoms with Gasteiger partial charge in [0.25, 0.3) is 0 Å². The van der Waals surface area contributed by atoms with Crippen LogP contribution in [0.5, 0.6) is 0 Å². The van der Waals surface area contributed by atoms with E-state index in [9.17, 15) is 4.79 Å². The largest absolute Gasteiger partial charge is 0.289 e. The zero-order chi connectivity index (χ0) is 24.5. The van der Waals surface area contributed by atoms with Crippen LogP contribution in [0.1, 0.15) is 64.7 Å². The summed E-state index contributed by atoms with van der Waals surface area (Å²) in [5.41, 5.74) is 5.78. The summed E-state index contributed by atoms with van der Waals surface area (Å²) >= 11 is 5.96. The zero-order valence-corrected chi connectivity index (χ0v) is 21.2. The van der Waals surface area contributed by atoms with Gasteiger partial charge in [0.1, 0.15) is 0 Å². The molecule has 0 aliphatic rings. The fourth-order valence-electron chi connectivity index (χ4n) is 4.53. The lowest BCUT2D eigenvalue weighted by atomic mass is 9.97. The maximum Gasteiger partial charge on any atom is 0.185 e. The van der Waals surface area contributed by atoms with Crippen LogP contribution in [0.2, 0.25) is 5.02 Å². The second-order valence-corrected chi connectivity index (χ2v) is 9.79. The molecule has 178 valence electrons. The molecule has 0 radical (unpaired) electrons. The molecule has 0 unspecified atom stereocenters. The van der Waals surface area contributed by atoms with Crippen molar-refractivity contribution in [3.05, 3.63) is 124 Å². The molecule has 2 heteroatoms. The molecule has 0 spiro atoms. The summed E-state index contributed by atoms with van der Waals surface area (Å²) in [6.45, 7) is 2.10. The third kappa shape index (κ3) is 7.41. The van der Waals surface area contributed by atoms with Crippen LogP contribution < -0.4 is 0 Å². The number of aryl methyl sites for hydroxylation is 3. The third-order valence-corrected chi connectivity index (χ3v) is 6.83. The second-order valence-electron chi connectivity index (χ2n) is 9.36. The molecule has 1 nitrogen and oxygen atoms in total. The van der Waals surface area contributed by atoms with Gasteiger partial charge in [0.05, 0.1) is 0 Å². The molecule has 0 fully saturated rings. The Morgan fingerprint density at radius 2 is 1.46 bits per heavy atom. The van der Waals surface area contributed by atoms with Crippen LogP contribution in [-0.4, -0.2) is 5.78 Å². The first kappa shape index (κ1) is 24.9. The molecule has 0 N–H and O–H groups in total. The second kappa shape index (κ2) is 12.5. The Kier molecular flexibility index (Phi) is 8.92. The topological polar surface area (TPSA) is 17.1 Å². The number of hydrogen-bond donors (Lipinski definition) is 0. The lowest BCUT2D eigenvalue weighted by Gasteiger charge is -2.08. The van der Waals surface area contributed by atoms with Crippen molar-refractivity contribution >= 4 is 34.2 Å². The van der Waals surface area contributed by atoms with Crippen LogP contribution in [-0.2, 0) is 12.8 Å². The number of ketones is 1. The maximum absolute atomic E-state index is 12.8. The zero-order valence-electron chi connectivity index (χ0n) is 20.5. The molecular formula is C33H33ClO. The van der Waals surface area contributed by atoms with Crippen molar-refractivity contribution in [2.24, 2.45) is 0 Å². The standard InChI is InChI=1S/C33H33ClO/c1-25-13-16-27(10-6-4-2-3-5-9-26-14-20-32(34)21-15-26)30(23-25)19-22-33(35)31-18-17-28-11-7-8-12-29(28)24-31/h7-8,11-24H,2-6,9-10H2,1H3/b22-19+. The number of hydrogen-bond acceptors (Lipinski definition) is 1. The molecule has 4 aromatic rings. The van der Waals surface area contributed by atoms with Gasteiger partial charge in [-0.05, 0) is 84.3 Å². The fraction of sp³-hybridized carbons (Fsp3) is 0.242. The van der Waals surface area contributed by atoms with Crippen LogP contribution >= 0.6 is 11.6 Å². The number of benzene rings is 4. The molecule has 35 heavy (non-hydrogen) atoms. The van der Waals surface area contributed by atoms with E-state index in [0.717, 1.165) is 39.8 Å². The van der Waals surface area contributed by atoms with Crippen molar-refractivity contribution < 1.29 is 4.79 Å². The molecule has 0 bridgehead atoms. The Morgan fingerprint density at radius 3 is 2.26 bits per heavy atom. The van der Waals surface area contributed by atoms with Crippen molar-refractivity contribution in [3.63, 3.8) is 0 Å². The van der Waals surface area contributed by atoms with Gasteiger partial charge in [-0.3, -0.25) is 4.79 Å². The van der Waals surface area contributed by atoms with E-state index < -0.39 is 0 Å².